The first kappa shape index (κ1) is 25.4. The number of nitrogens with zero attached hydrogens (tertiary/aromatic N) is 1. The van der Waals surface area contributed by atoms with E-state index in [4.69, 9.17) is 0 Å². The van der Waals surface area contributed by atoms with E-state index in [1.807, 2.05) is 13.0 Å². The normalized spacial score (nSPS) is 15.1. The third kappa shape index (κ3) is 6.00. The Hall–Kier alpha value is -3.24. The van der Waals surface area contributed by atoms with Crippen LogP contribution in [0.15, 0.2) is 53.4 Å². The molecule has 1 fully saturated rings. The van der Waals surface area contributed by atoms with Gasteiger partial charge in [0.1, 0.15) is 6.04 Å². The third-order valence-corrected chi connectivity index (χ3v) is 7.51. The summed E-state index contributed by atoms with van der Waals surface area (Å²) in [7, 11) is -3.68. The second kappa shape index (κ2) is 10.8. The fourth-order valence-electron chi connectivity index (χ4n) is 3.69. The smallest absolute Gasteiger partial charge is 0.269 e. The van der Waals surface area contributed by atoms with E-state index in [9.17, 15) is 22.8 Å². The SMILES string of the molecule is Cc1cccc(C(=O)N[C@H](C(=O)NNC(=O)c2cccc(S(=O)(=O)N3CCCC3)c2)C(C)C)c1. The number of rotatable bonds is 7. The molecule has 34 heavy (non-hydrogen) atoms. The van der Waals surface area contributed by atoms with Gasteiger partial charge in [-0.05, 0) is 56.0 Å². The lowest BCUT2D eigenvalue weighted by Gasteiger charge is -2.22. The topological polar surface area (TPSA) is 125 Å². The van der Waals surface area contributed by atoms with Crippen molar-refractivity contribution in [3.8, 4) is 0 Å². The Morgan fingerprint density at radius 3 is 2.12 bits per heavy atom. The number of carbonyl (C=O) groups is 3. The molecule has 1 aliphatic heterocycles. The largest absolute Gasteiger partial charge is 0.340 e. The zero-order valence-corrected chi connectivity index (χ0v) is 20.3. The summed E-state index contributed by atoms with van der Waals surface area (Å²) in [5, 5.41) is 2.70. The van der Waals surface area contributed by atoms with Crippen molar-refractivity contribution >= 4 is 27.7 Å². The molecule has 2 aromatic carbocycles. The molecule has 2 aromatic rings. The summed E-state index contributed by atoms with van der Waals surface area (Å²) in [6.07, 6.45) is 1.62. The molecule has 0 unspecified atom stereocenters. The van der Waals surface area contributed by atoms with Gasteiger partial charge in [-0.1, -0.05) is 37.6 Å². The quantitative estimate of drug-likeness (QED) is 0.516. The summed E-state index contributed by atoms with van der Waals surface area (Å²) >= 11 is 0. The Balaban J connectivity index is 1.65. The first-order valence-electron chi connectivity index (χ1n) is 11.2. The first-order valence-corrected chi connectivity index (χ1v) is 12.6. The molecule has 0 aliphatic carbocycles. The lowest BCUT2D eigenvalue weighted by Crippen LogP contribution is -2.54. The summed E-state index contributed by atoms with van der Waals surface area (Å²) in [4.78, 5) is 37.9. The zero-order chi connectivity index (χ0) is 24.9. The molecule has 1 saturated heterocycles. The van der Waals surface area contributed by atoms with Crippen LogP contribution in [0.5, 0.6) is 0 Å². The van der Waals surface area contributed by atoms with Gasteiger partial charge in [-0.15, -0.1) is 0 Å². The minimum absolute atomic E-state index is 0.0267. The molecular formula is C24H30N4O5S. The van der Waals surface area contributed by atoms with Crippen molar-refractivity contribution in [2.24, 2.45) is 5.92 Å². The van der Waals surface area contributed by atoms with Crippen LogP contribution in [0, 0.1) is 12.8 Å². The molecule has 0 saturated carbocycles. The second-order valence-corrected chi connectivity index (χ2v) is 10.6. The third-order valence-electron chi connectivity index (χ3n) is 5.61. The molecule has 182 valence electrons. The second-order valence-electron chi connectivity index (χ2n) is 8.65. The Morgan fingerprint density at radius 1 is 0.882 bits per heavy atom. The van der Waals surface area contributed by atoms with Crippen LogP contribution in [0.4, 0.5) is 0 Å². The van der Waals surface area contributed by atoms with E-state index in [2.05, 4.69) is 16.2 Å². The average Bonchev–Trinajstić information content (AvgIpc) is 3.36. The van der Waals surface area contributed by atoms with E-state index in [0.717, 1.165) is 18.4 Å². The van der Waals surface area contributed by atoms with Crippen molar-refractivity contribution < 1.29 is 22.8 Å². The molecule has 10 heteroatoms. The molecule has 1 heterocycles. The van der Waals surface area contributed by atoms with E-state index < -0.39 is 33.8 Å². The summed E-state index contributed by atoms with van der Waals surface area (Å²) in [5.74, 6) is -1.91. The monoisotopic (exact) mass is 486 g/mol. The van der Waals surface area contributed by atoms with Gasteiger partial charge in [0, 0.05) is 24.2 Å². The average molecular weight is 487 g/mol. The Bertz CT molecular complexity index is 1170. The van der Waals surface area contributed by atoms with Crippen molar-refractivity contribution in [3.05, 3.63) is 65.2 Å². The fraction of sp³-hybridized carbons (Fsp3) is 0.375. The summed E-state index contributed by atoms with van der Waals surface area (Å²) in [6.45, 7) is 6.33. The molecule has 3 rings (SSSR count). The number of hydrazine groups is 1. The maximum Gasteiger partial charge on any atom is 0.269 e. The Kier molecular flexibility index (Phi) is 8.06. The van der Waals surface area contributed by atoms with Crippen LogP contribution in [0.3, 0.4) is 0 Å². The van der Waals surface area contributed by atoms with E-state index in [-0.39, 0.29) is 16.4 Å². The van der Waals surface area contributed by atoms with Gasteiger partial charge in [-0.25, -0.2) is 8.42 Å². The zero-order valence-electron chi connectivity index (χ0n) is 19.5. The molecule has 0 radical (unpaired) electrons. The van der Waals surface area contributed by atoms with Crippen molar-refractivity contribution in [2.45, 2.75) is 44.6 Å². The van der Waals surface area contributed by atoms with Crippen molar-refractivity contribution in [2.75, 3.05) is 13.1 Å². The van der Waals surface area contributed by atoms with E-state index in [1.54, 1.807) is 32.0 Å². The molecule has 3 amide bonds. The van der Waals surface area contributed by atoms with Gasteiger partial charge < -0.3 is 5.32 Å². The van der Waals surface area contributed by atoms with Crippen LogP contribution >= 0.6 is 0 Å². The lowest BCUT2D eigenvalue weighted by atomic mass is 10.0. The molecule has 0 bridgehead atoms. The number of nitrogens with one attached hydrogen (secondary N) is 3. The van der Waals surface area contributed by atoms with Crippen LogP contribution < -0.4 is 16.2 Å². The molecule has 0 aromatic heterocycles. The van der Waals surface area contributed by atoms with Crippen LogP contribution in [0.25, 0.3) is 0 Å². The summed E-state index contributed by atoms with van der Waals surface area (Å²) in [5.41, 5.74) is 6.07. The Labute approximate surface area is 199 Å². The first-order chi connectivity index (χ1) is 16.1. The highest BCUT2D eigenvalue weighted by Crippen LogP contribution is 2.21. The highest BCUT2D eigenvalue weighted by Gasteiger charge is 2.28. The number of aryl methyl sites for hydroxylation is 1. The van der Waals surface area contributed by atoms with E-state index in [0.29, 0.717) is 18.7 Å². The van der Waals surface area contributed by atoms with Crippen molar-refractivity contribution in [1.82, 2.24) is 20.5 Å². The molecule has 1 atom stereocenters. The highest BCUT2D eigenvalue weighted by atomic mass is 32.2. The summed E-state index contributed by atoms with van der Waals surface area (Å²) < 4.78 is 26.9. The number of hydrogen-bond donors (Lipinski definition) is 3. The predicted octanol–water partition coefficient (Wildman–Crippen LogP) is 2.00. The van der Waals surface area contributed by atoms with Gasteiger partial charge in [0.2, 0.25) is 10.0 Å². The van der Waals surface area contributed by atoms with Gasteiger partial charge in [-0.2, -0.15) is 4.31 Å². The molecule has 9 nitrogen and oxygen atoms in total. The number of amides is 3. The molecule has 0 spiro atoms. The molecule has 1 aliphatic rings. The number of benzene rings is 2. The highest BCUT2D eigenvalue weighted by molar-refractivity contribution is 7.89. The van der Waals surface area contributed by atoms with Crippen LogP contribution in [-0.2, 0) is 14.8 Å². The van der Waals surface area contributed by atoms with E-state index in [1.165, 1.54) is 28.6 Å². The van der Waals surface area contributed by atoms with Gasteiger partial charge in [0.15, 0.2) is 0 Å². The predicted molar refractivity (Wildman–Crippen MR) is 127 cm³/mol. The van der Waals surface area contributed by atoms with Crippen molar-refractivity contribution in [1.29, 1.82) is 0 Å². The lowest BCUT2D eigenvalue weighted by molar-refractivity contribution is -0.124. The minimum Gasteiger partial charge on any atom is -0.340 e. The van der Waals surface area contributed by atoms with Crippen LogP contribution in [-0.4, -0.2) is 49.6 Å². The number of carbonyl (C=O) groups excluding carboxylic acids is 3. The number of hydrogen-bond acceptors (Lipinski definition) is 5. The van der Waals surface area contributed by atoms with Gasteiger partial charge in [0.05, 0.1) is 4.90 Å². The molecular weight excluding hydrogens is 456 g/mol. The summed E-state index contributed by atoms with van der Waals surface area (Å²) in [6, 6.07) is 11.8. The number of sulfonamides is 1. The van der Waals surface area contributed by atoms with Gasteiger partial charge in [-0.3, -0.25) is 25.2 Å². The van der Waals surface area contributed by atoms with E-state index >= 15 is 0 Å². The minimum atomic E-state index is -3.68. The van der Waals surface area contributed by atoms with Crippen molar-refractivity contribution in [3.63, 3.8) is 0 Å². The maximum absolute atomic E-state index is 12.8. The Morgan fingerprint density at radius 2 is 1.50 bits per heavy atom. The standard InChI is InChI=1S/C24H30N4O5S/c1-16(2)21(25-22(29)18-9-6-8-17(3)14-18)24(31)27-26-23(30)19-10-7-11-20(15-19)34(32,33)28-12-4-5-13-28/h6-11,14-16,21H,4-5,12-13H2,1-3H3,(H,25,29)(H,26,30)(H,27,31)/t21-/m0/s1. The fourth-order valence-corrected chi connectivity index (χ4v) is 5.25. The van der Waals surface area contributed by atoms with Gasteiger partial charge in [0.25, 0.3) is 17.7 Å². The van der Waals surface area contributed by atoms with Gasteiger partial charge >= 0.3 is 0 Å². The van der Waals surface area contributed by atoms with Crippen LogP contribution in [0.2, 0.25) is 0 Å². The van der Waals surface area contributed by atoms with Crippen LogP contribution in [0.1, 0.15) is 53.0 Å². The molecule has 3 N–H and O–H groups in total. The maximum atomic E-state index is 12.8.